The molecular formula is C30H37N2O10+. The van der Waals surface area contributed by atoms with E-state index in [4.69, 9.17) is 22.0 Å². The molecule has 42 heavy (non-hydrogen) atoms. The largest absolute Gasteiger partial charge is 0.484 e. The summed E-state index contributed by atoms with van der Waals surface area (Å²) < 4.78 is 4.64. The second-order valence-corrected chi connectivity index (χ2v) is 7.92. The summed E-state index contributed by atoms with van der Waals surface area (Å²) in [4.78, 5) is 45.8. The predicted octanol–water partition coefficient (Wildman–Crippen LogP) is 3.07. The van der Waals surface area contributed by atoms with Crippen LogP contribution in [-0.2, 0) is 28.8 Å². The summed E-state index contributed by atoms with van der Waals surface area (Å²) in [5.41, 5.74) is 1.75. The Kier molecular flexibility index (Phi) is 22.4. The lowest BCUT2D eigenvalue weighted by molar-refractivity contribution is -0.141. The van der Waals surface area contributed by atoms with E-state index < -0.39 is 24.1 Å². The maximum Gasteiger partial charge on any atom is 0.484 e. The molecule has 226 valence electrons. The first-order valence-electron chi connectivity index (χ1n) is 12.2. The van der Waals surface area contributed by atoms with Gasteiger partial charge in [-0.3, -0.25) is 9.59 Å². The molecule has 0 fully saturated rings. The minimum atomic E-state index is -0.805. The molecule has 2 atom stereocenters. The van der Waals surface area contributed by atoms with Gasteiger partial charge >= 0.3 is 11.9 Å². The molecule has 12 nitrogen and oxygen atoms in total. The van der Waals surface area contributed by atoms with Gasteiger partial charge in [-0.2, -0.15) is 0 Å². The zero-order valence-corrected chi connectivity index (χ0v) is 23.9. The average Bonchev–Trinajstić information content (AvgIpc) is 3.02. The Morgan fingerprint density at radius 2 is 1.29 bits per heavy atom. The smallest absolute Gasteiger partial charge is 0.411 e. The van der Waals surface area contributed by atoms with Crippen LogP contribution in [0.2, 0.25) is 0 Å². The molecule has 12 heteroatoms. The highest BCUT2D eigenvalue weighted by atomic mass is 16.7. The highest BCUT2D eigenvalue weighted by Gasteiger charge is 2.12. The van der Waals surface area contributed by atoms with Gasteiger partial charge < -0.3 is 30.1 Å². The molecule has 2 aromatic carbocycles. The van der Waals surface area contributed by atoms with E-state index in [9.17, 15) is 24.3 Å². The molecule has 0 radical (unpaired) electrons. The van der Waals surface area contributed by atoms with Crippen molar-refractivity contribution in [3.8, 4) is 0 Å². The van der Waals surface area contributed by atoms with Gasteiger partial charge in [0.05, 0.1) is 13.2 Å². The molecule has 2 rings (SSSR count). The molecule has 0 amide bonds. The monoisotopic (exact) mass is 585 g/mol. The van der Waals surface area contributed by atoms with E-state index in [0.717, 1.165) is 17.7 Å². The number of carbonyl (C=O) groups is 4. The lowest BCUT2D eigenvalue weighted by Crippen LogP contribution is -2.10. The Labute approximate surface area is 244 Å². The zero-order valence-electron chi connectivity index (χ0n) is 23.9. The van der Waals surface area contributed by atoms with Gasteiger partial charge in [0, 0.05) is 19.9 Å². The second-order valence-electron chi connectivity index (χ2n) is 7.92. The molecular weight excluding hydrogens is 548 g/mol. The minimum Gasteiger partial charge on any atom is -0.411 e. The van der Waals surface area contributed by atoms with Gasteiger partial charge in [-0.05, 0) is 25.0 Å². The van der Waals surface area contributed by atoms with Crippen LogP contribution in [0.3, 0.4) is 0 Å². The molecule has 2 unspecified atom stereocenters. The van der Waals surface area contributed by atoms with E-state index in [1.165, 1.54) is 27.7 Å². The Morgan fingerprint density at radius 3 is 1.62 bits per heavy atom. The second kappa shape index (κ2) is 24.0. The Balaban J connectivity index is 0. The summed E-state index contributed by atoms with van der Waals surface area (Å²) in [6.07, 6.45) is 0.246. The van der Waals surface area contributed by atoms with Gasteiger partial charge in [0.15, 0.2) is 11.6 Å². The Hall–Kier alpha value is -4.87. The minimum absolute atomic E-state index is 0.0868. The maximum atomic E-state index is 10.6. The van der Waals surface area contributed by atoms with Gasteiger partial charge in [-0.25, -0.2) is 4.79 Å². The van der Waals surface area contributed by atoms with Crippen molar-refractivity contribution in [2.24, 2.45) is 10.3 Å². The number of benzene rings is 2. The van der Waals surface area contributed by atoms with Crippen molar-refractivity contribution in [1.29, 1.82) is 0 Å². The molecule has 0 aromatic heterocycles. The zero-order chi connectivity index (χ0) is 32.5. The van der Waals surface area contributed by atoms with E-state index >= 15 is 0 Å². The summed E-state index contributed by atoms with van der Waals surface area (Å²) in [5, 5.41) is 40.9. The van der Waals surface area contributed by atoms with E-state index in [1.807, 2.05) is 24.3 Å². The summed E-state index contributed by atoms with van der Waals surface area (Å²) >= 11 is 0. The predicted molar refractivity (Wildman–Crippen MR) is 155 cm³/mol. The summed E-state index contributed by atoms with van der Waals surface area (Å²) in [5.74, 6) is -1.75. The van der Waals surface area contributed by atoms with Gasteiger partial charge in [0.25, 0.3) is 0 Å². The van der Waals surface area contributed by atoms with Crippen LogP contribution in [0.1, 0.15) is 51.0 Å². The van der Waals surface area contributed by atoms with Crippen molar-refractivity contribution in [3.05, 3.63) is 97.1 Å². The molecule has 0 saturated heterocycles. The van der Waals surface area contributed by atoms with Gasteiger partial charge in [0.1, 0.15) is 30.2 Å². The summed E-state index contributed by atoms with van der Waals surface area (Å²) in [6, 6.07) is 18.0. The number of hydrogen-bond acceptors (Lipinski definition) is 12. The van der Waals surface area contributed by atoms with Crippen molar-refractivity contribution in [3.63, 3.8) is 0 Å². The summed E-state index contributed by atoms with van der Waals surface area (Å²) in [7, 11) is 0. The molecule has 4 N–H and O–H groups in total. The highest BCUT2D eigenvalue weighted by molar-refractivity contribution is 6.38. The van der Waals surface area contributed by atoms with Crippen LogP contribution in [0.25, 0.3) is 0 Å². The number of esters is 1. The normalized spacial score (nSPS) is 11.7. The molecule has 0 aliphatic carbocycles. The number of ketones is 2. The highest BCUT2D eigenvalue weighted by Crippen LogP contribution is 2.12. The average molecular weight is 586 g/mol. The van der Waals surface area contributed by atoms with Crippen molar-refractivity contribution >= 4 is 34.9 Å². The SMILES string of the molecule is C=CC(=O)O/N=C(/C)C(C)=O.CC(=O)/C(C)=N\O.OCC(O)c1ccccc1.[CH+]=CC(=O)OCC(O)c1ccccc1. The number of ether oxygens (including phenoxy) is 1. The van der Waals surface area contributed by atoms with Gasteiger partial charge in [0.2, 0.25) is 6.08 Å². The third kappa shape index (κ3) is 20.1. The number of hydrogen-bond donors (Lipinski definition) is 4. The van der Waals surface area contributed by atoms with Gasteiger partial charge in [-0.1, -0.05) is 77.6 Å². The quantitative estimate of drug-likeness (QED) is 0.0612. The maximum absolute atomic E-state index is 10.6. The number of nitrogens with zero attached hydrogens (tertiary/aromatic N) is 2. The van der Waals surface area contributed by atoms with Crippen LogP contribution >= 0.6 is 0 Å². The third-order valence-corrected chi connectivity index (χ3v) is 4.67. The number of carbonyl (C=O) groups excluding carboxylic acids is 4. The third-order valence-electron chi connectivity index (χ3n) is 4.67. The van der Waals surface area contributed by atoms with Crippen molar-refractivity contribution in [2.75, 3.05) is 13.2 Å². The van der Waals surface area contributed by atoms with E-state index in [1.54, 1.807) is 36.4 Å². The molecule has 0 aliphatic heterocycles. The van der Waals surface area contributed by atoms with Crippen LogP contribution in [0, 0.1) is 6.58 Å². The van der Waals surface area contributed by atoms with Crippen LogP contribution in [0.5, 0.6) is 0 Å². The fraction of sp³-hybridized carbons (Fsp3) is 0.267. The Bertz CT molecular complexity index is 1180. The lowest BCUT2D eigenvalue weighted by atomic mass is 10.1. The molecule has 0 bridgehead atoms. The molecule has 2 aromatic rings. The van der Waals surface area contributed by atoms with Crippen molar-refractivity contribution in [2.45, 2.75) is 39.9 Å². The fourth-order valence-corrected chi connectivity index (χ4v) is 2.05. The van der Waals surface area contributed by atoms with Crippen LogP contribution in [-0.4, -0.2) is 68.7 Å². The Morgan fingerprint density at radius 1 is 0.833 bits per heavy atom. The van der Waals surface area contributed by atoms with Crippen LogP contribution < -0.4 is 0 Å². The number of rotatable bonds is 10. The summed E-state index contributed by atoms with van der Waals surface area (Å²) in [6.45, 7) is 13.3. The van der Waals surface area contributed by atoms with Gasteiger partial charge in [-0.15, -0.1) is 4.79 Å². The number of Topliss-reactive ketones (excluding diaryl/α,β-unsaturated/α-hetero) is 2. The van der Waals surface area contributed by atoms with Crippen LogP contribution in [0.4, 0.5) is 0 Å². The number of aliphatic hydroxyl groups excluding tert-OH is 3. The van der Waals surface area contributed by atoms with E-state index in [0.29, 0.717) is 5.56 Å². The number of oxime groups is 2. The standard InChI is InChI=1S/C11H11O3.C8H10O2.C7H9NO3.C4H7NO2/c1-2-11(13)14-8-10(12)9-6-4-3-5-7-9;9-6-8(10)7-4-2-1-3-5-7;1-4-7(10)11-8-5(2)6(3)9;1-3(5-7)4(2)6/h1-7,10,12H,8H2;1-5,8-10H,6H2;4H,1H2,2-3H3;7H,1-2H3/q+1;;;/b;;8-5-;5-3-. The molecule has 0 saturated carbocycles. The molecule has 0 aliphatic rings. The molecule has 0 spiro atoms. The lowest BCUT2D eigenvalue weighted by Gasteiger charge is -2.07. The number of aliphatic hydroxyl groups is 3. The van der Waals surface area contributed by atoms with Crippen LogP contribution in [0.15, 0.2) is 89.7 Å². The van der Waals surface area contributed by atoms with E-state index in [-0.39, 0.29) is 36.2 Å². The van der Waals surface area contributed by atoms with Crippen molar-refractivity contribution < 1.29 is 49.3 Å². The fourth-order valence-electron chi connectivity index (χ4n) is 2.05. The first-order chi connectivity index (χ1) is 19.8. The topological polar surface area (TPSA) is 192 Å². The first kappa shape index (κ1) is 39.3. The van der Waals surface area contributed by atoms with Crippen molar-refractivity contribution in [1.82, 2.24) is 0 Å². The van der Waals surface area contributed by atoms with E-state index in [2.05, 4.69) is 26.5 Å². The first-order valence-corrected chi connectivity index (χ1v) is 12.2. The molecule has 0 heterocycles.